The van der Waals surface area contributed by atoms with Crippen LogP contribution in [0.5, 0.6) is 0 Å². The second kappa shape index (κ2) is 20.3. The first-order valence-corrected chi connectivity index (χ1v) is 22.8. The third-order valence-electron chi connectivity index (χ3n) is 14.2. The summed E-state index contributed by atoms with van der Waals surface area (Å²) in [5.74, 6) is -11.0. The Balaban J connectivity index is 1.39. The number of carbonyl (C=O) groups excluding carboxylic acids is 7. The van der Waals surface area contributed by atoms with Crippen molar-refractivity contribution in [2.45, 2.75) is 120 Å². The Hall–Kier alpha value is -6.80. The van der Waals surface area contributed by atoms with Crippen molar-refractivity contribution < 1.29 is 82.1 Å². The number of aliphatic hydroxyl groups excluding tert-OH is 1. The molecule has 0 radical (unpaired) electrons. The Kier molecular flexibility index (Phi) is 14.8. The van der Waals surface area contributed by atoms with Gasteiger partial charge in [-0.2, -0.15) is 0 Å². The summed E-state index contributed by atoms with van der Waals surface area (Å²) in [7, 11) is 0. The maximum Gasteiger partial charge on any atom is 0.350 e. The van der Waals surface area contributed by atoms with Crippen LogP contribution in [0.3, 0.4) is 0 Å². The van der Waals surface area contributed by atoms with Crippen LogP contribution in [0, 0.1) is 17.3 Å². The largest absolute Gasteiger partial charge is 0.480 e. The van der Waals surface area contributed by atoms with E-state index in [0.717, 1.165) is 13.8 Å². The van der Waals surface area contributed by atoms with Crippen molar-refractivity contribution in [3.05, 3.63) is 119 Å². The van der Waals surface area contributed by atoms with Crippen molar-refractivity contribution in [1.82, 2.24) is 5.32 Å². The van der Waals surface area contributed by atoms with Crippen molar-refractivity contribution in [3.8, 4) is 0 Å². The summed E-state index contributed by atoms with van der Waals surface area (Å²) in [4.78, 5) is 110. The summed E-state index contributed by atoms with van der Waals surface area (Å²) in [6.45, 7) is 6.13. The number of ketones is 1. The molecule has 13 atom stereocenters. The maximum absolute atomic E-state index is 15.6. The van der Waals surface area contributed by atoms with Gasteiger partial charge in [-0.15, -0.1) is 0 Å². The highest BCUT2D eigenvalue weighted by atomic mass is 16.6. The molecule has 1 unspecified atom stereocenters. The van der Waals surface area contributed by atoms with Crippen LogP contribution in [-0.4, -0.2) is 123 Å². The van der Waals surface area contributed by atoms with E-state index in [0.29, 0.717) is 0 Å². The SMILES string of the molecule is CC(=O)O[C@H]1C(=O)[C@@]2(C)[C@H]([C@H](OC(=O)c3ccccc3)[C@]3(O)C[C@H](OC(=O)[C@H](OC(=O)CCC(N)C(=O)O)[C@@H](NC(=O)c4ccccc4)c4ccccc4)C(C)=C1[C@@H]3C)[C@]1(OC(C)=O)CO[C@@H]1C[C@@H]2O. The second-order valence-corrected chi connectivity index (χ2v) is 18.5. The molecule has 0 aromatic heterocycles. The number of aliphatic hydroxyl groups is 2. The Bertz CT molecular complexity index is 2550. The van der Waals surface area contributed by atoms with E-state index < -0.39 is 144 Å². The first-order valence-electron chi connectivity index (χ1n) is 22.8. The van der Waals surface area contributed by atoms with Gasteiger partial charge in [-0.25, -0.2) is 9.59 Å². The Labute approximate surface area is 402 Å². The standard InChI is InChI=1S/C51H56N2O17/c1-26-34(67-48(63)41(68-37(57)22-21-33(52)46(60)61)39(30-15-9-6-10-16-30)53-45(59)31-17-11-7-12-18-31)24-50(64)27(2)38(26)40(66-28(3)54)43(58)49(5)35(56)23-36-51(25-65-36,70-29(4)55)42(49)44(50)69-47(62)32-19-13-8-14-20-32/h6-20,27,33-36,39-42,44,56,64H,21-25,52H2,1-5H3,(H,53,59)(H,60,61)/t27-,33?,34-,35-,36+,39-,40+,41+,42-,44-,49+,50-,51-/m0/s1. The smallest absolute Gasteiger partial charge is 0.350 e. The van der Waals surface area contributed by atoms with Crippen LogP contribution in [0.2, 0.25) is 0 Å². The lowest BCUT2D eigenvalue weighted by Crippen LogP contribution is -2.81. The molecule has 3 fully saturated rings. The lowest BCUT2D eigenvalue weighted by molar-refractivity contribution is -0.343. The van der Waals surface area contributed by atoms with E-state index >= 15 is 9.59 Å². The third-order valence-corrected chi connectivity index (χ3v) is 14.2. The van der Waals surface area contributed by atoms with Crippen molar-refractivity contribution in [2.24, 2.45) is 23.0 Å². The van der Waals surface area contributed by atoms with Crippen LogP contribution >= 0.6 is 0 Å². The minimum absolute atomic E-state index is 0.0233. The molecule has 1 heterocycles. The van der Waals surface area contributed by atoms with Crippen LogP contribution < -0.4 is 11.1 Å². The Morgan fingerprint density at radius 3 is 2.03 bits per heavy atom. The molecule has 1 aliphatic heterocycles. The van der Waals surface area contributed by atoms with Gasteiger partial charge in [0.25, 0.3) is 5.91 Å². The van der Waals surface area contributed by atoms with Crippen LogP contribution in [0.1, 0.15) is 92.6 Å². The molecule has 6 N–H and O–H groups in total. The number of nitrogens with two attached hydrogens (primary N) is 1. The summed E-state index contributed by atoms with van der Waals surface area (Å²) < 4.78 is 36.2. The fraction of sp³-hybridized carbons (Fsp3) is 0.451. The van der Waals surface area contributed by atoms with Crippen LogP contribution in [0.25, 0.3) is 0 Å². The normalized spacial score (nSPS) is 30.2. The maximum atomic E-state index is 15.6. The first-order chi connectivity index (χ1) is 33.1. The van der Waals surface area contributed by atoms with Gasteiger partial charge in [-0.05, 0) is 61.2 Å². The number of rotatable bonds is 15. The van der Waals surface area contributed by atoms with Crippen molar-refractivity contribution in [2.75, 3.05) is 6.61 Å². The molecule has 2 saturated carbocycles. The van der Waals surface area contributed by atoms with Crippen LogP contribution in [0.4, 0.5) is 0 Å². The van der Waals surface area contributed by atoms with E-state index in [1.807, 2.05) is 0 Å². The number of amides is 1. The fourth-order valence-corrected chi connectivity index (χ4v) is 10.5. The predicted molar refractivity (Wildman–Crippen MR) is 242 cm³/mol. The van der Waals surface area contributed by atoms with Gasteiger partial charge in [-0.3, -0.25) is 28.8 Å². The Morgan fingerprint density at radius 1 is 0.871 bits per heavy atom. The molecular weight excluding hydrogens is 913 g/mol. The molecular formula is C51H56N2O17. The molecule has 0 spiro atoms. The molecule has 70 heavy (non-hydrogen) atoms. The van der Waals surface area contributed by atoms with Gasteiger partial charge >= 0.3 is 35.8 Å². The van der Waals surface area contributed by atoms with E-state index in [4.69, 9.17) is 34.2 Å². The summed E-state index contributed by atoms with van der Waals surface area (Å²) in [6, 6.07) is 20.6. The third kappa shape index (κ3) is 9.57. The lowest BCUT2D eigenvalue weighted by Gasteiger charge is -2.66. The zero-order valence-corrected chi connectivity index (χ0v) is 39.1. The van der Waals surface area contributed by atoms with E-state index in [1.165, 1.54) is 45.0 Å². The molecule has 3 aromatic carbocycles. The van der Waals surface area contributed by atoms with Gasteiger partial charge in [0.05, 0.1) is 29.6 Å². The molecule has 1 amide bonds. The van der Waals surface area contributed by atoms with Gasteiger partial charge in [0.2, 0.25) is 6.10 Å². The van der Waals surface area contributed by atoms with Crippen molar-refractivity contribution in [3.63, 3.8) is 0 Å². The molecule has 3 aliphatic carbocycles. The number of nitrogens with one attached hydrogen (secondary N) is 1. The molecule has 2 bridgehead atoms. The average Bonchev–Trinajstić information content (AvgIpc) is 3.33. The minimum Gasteiger partial charge on any atom is -0.480 e. The molecule has 1 saturated heterocycles. The van der Waals surface area contributed by atoms with Crippen molar-refractivity contribution >= 4 is 47.5 Å². The quantitative estimate of drug-likeness (QED) is 0.0831. The van der Waals surface area contributed by atoms with E-state index in [9.17, 15) is 44.1 Å². The number of hydrogen-bond donors (Lipinski definition) is 5. The highest BCUT2D eigenvalue weighted by Crippen LogP contribution is 2.62. The van der Waals surface area contributed by atoms with Gasteiger partial charge < -0.3 is 54.8 Å². The van der Waals surface area contributed by atoms with E-state index in [-0.39, 0.29) is 40.9 Å². The number of ether oxygens (including phenoxy) is 6. The monoisotopic (exact) mass is 968 g/mol. The number of carbonyl (C=O) groups is 8. The number of esters is 5. The predicted octanol–water partition coefficient (Wildman–Crippen LogP) is 3.09. The number of benzene rings is 3. The van der Waals surface area contributed by atoms with Gasteiger partial charge in [0.1, 0.15) is 36.0 Å². The molecule has 19 nitrogen and oxygen atoms in total. The highest BCUT2D eigenvalue weighted by Gasteiger charge is 2.77. The number of fused-ring (bicyclic) bond motifs is 5. The number of carboxylic acids is 1. The number of aliphatic carboxylic acids is 1. The fourth-order valence-electron chi connectivity index (χ4n) is 10.5. The topological polar surface area (TPSA) is 291 Å². The van der Waals surface area contributed by atoms with Crippen molar-refractivity contribution in [1.29, 1.82) is 0 Å². The zero-order valence-electron chi connectivity index (χ0n) is 39.1. The summed E-state index contributed by atoms with van der Waals surface area (Å²) >= 11 is 0. The zero-order chi connectivity index (χ0) is 50.9. The Morgan fingerprint density at radius 2 is 1.47 bits per heavy atom. The molecule has 19 heteroatoms. The number of carboxylic acid groups (broad SMARTS) is 1. The van der Waals surface area contributed by atoms with Gasteiger partial charge in [0.15, 0.2) is 17.5 Å². The molecule has 4 aliphatic rings. The minimum atomic E-state index is -2.45. The number of hydrogen-bond acceptors (Lipinski definition) is 17. The van der Waals surface area contributed by atoms with Crippen LogP contribution in [-0.2, 0) is 57.2 Å². The average molecular weight is 969 g/mol. The van der Waals surface area contributed by atoms with E-state index in [2.05, 4.69) is 5.32 Å². The van der Waals surface area contributed by atoms with Gasteiger partial charge in [-0.1, -0.05) is 73.7 Å². The molecule has 7 rings (SSSR count). The molecule has 3 aromatic rings. The summed E-state index contributed by atoms with van der Waals surface area (Å²) in [5, 5.41) is 37.9. The number of Topliss-reactive ketones (excluding diaryl/α,β-unsaturated/α-hetero) is 1. The summed E-state index contributed by atoms with van der Waals surface area (Å²) in [5.41, 5.74) is -0.219. The lowest BCUT2D eigenvalue weighted by atomic mass is 9.47. The second-order valence-electron chi connectivity index (χ2n) is 18.5. The van der Waals surface area contributed by atoms with Crippen LogP contribution in [0.15, 0.2) is 102 Å². The van der Waals surface area contributed by atoms with Gasteiger partial charge in [0, 0.05) is 44.6 Å². The summed E-state index contributed by atoms with van der Waals surface area (Å²) in [6.07, 6.45) is -12.0. The van der Waals surface area contributed by atoms with E-state index in [1.54, 1.807) is 66.7 Å². The first kappa shape index (κ1) is 51.1. The highest BCUT2D eigenvalue weighted by molar-refractivity contribution is 5.96. The molecule has 372 valence electrons.